The Labute approximate surface area is 157 Å². The monoisotopic (exact) mass is 355 g/mol. The Balaban J connectivity index is 1.64. The highest BCUT2D eigenvalue weighted by Crippen LogP contribution is 2.27. The van der Waals surface area contributed by atoms with Crippen LogP contribution in [0.1, 0.15) is 45.1 Å². The van der Waals surface area contributed by atoms with Gasteiger partial charge < -0.3 is 9.73 Å². The third kappa shape index (κ3) is 3.02. The molecule has 132 valence electrons. The van der Waals surface area contributed by atoms with Gasteiger partial charge in [-0.05, 0) is 47.9 Å². The summed E-state index contributed by atoms with van der Waals surface area (Å²) in [4.78, 5) is 17.4. The van der Waals surface area contributed by atoms with Crippen LogP contribution in [-0.2, 0) is 13.0 Å². The second-order valence-corrected chi connectivity index (χ2v) is 6.30. The Hall–Kier alpha value is -3.65. The summed E-state index contributed by atoms with van der Waals surface area (Å²) in [5, 5.41) is 12.2. The molecule has 4 rings (SSSR count). The van der Waals surface area contributed by atoms with E-state index < -0.39 is 0 Å². The molecule has 0 atom stereocenters. The van der Waals surface area contributed by atoms with Crippen molar-refractivity contribution < 1.29 is 9.21 Å². The number of aliphatic imine (C=N–C) groups is 1. The topological polar surface area (TPSA) is 78.4 Å². The smallest absolute Gasteiger partial charge is 0.255 e. The number of nitrogens with one attached hydrogen (secondary N) is 1. The Bertz CT molecular complexity index is 1090. The van der Waals surface area contributed by atoms with Crippen molar-refractivity contribution in [3.8, 4) is 6.07 Å². The van der Waals surface area contributed by atoms with Crippen molar-refractivity contribution in [1.29, 1.82) is 5.26 Å². The molecule has 5 nitrogen and oxygen atoms in total. The largest absolute Gasteiger partial charge is 0.472 e. The van der Waals surface area contributed by atoms with Gasteiger partial charge in [-0.1, -0.05) is 19.1 Å². The Morgan fingerprint density at radius 2 is 2.19 bits per heavy atom. The van der Waals surface area contributed by atoms with Gasteiger partial charge in [0.25, 0.3) is 5.91 Å². The Morgan fingerprint density at radius 1 is 1.30 bits per heavy atom. The van der Waals surface area contributed by atoms with Crippen LogP contribution in [0.15, 0.2) is 64.4 Å². The van der Waals surface area contributed by atoms with Crippen LogP contribution in [0.4, 0.5) is 5.69 Å². The van der Waals surface area contributed by atoms with Gasteiger partial charge >= 0.3 is 0 Å². The molecular weight excluding hydrogens is 338 g/mol. The number of fused-ring (bicyclic) bond motifs is 1. The quantitative estimate of drug-likeness (QED) is 0.757. The first kappa shape index (κ1) is 16.8. The van der Waals surface area contributed by atoms with E-state index in [1.54, 1.807) is 30.7 Å². The van der Waals surface area contributed by atoms with Crippen molar-refractivity contribution in [2.75, 3.05) is 5.32 Å². The number of hydrogen-bond donors (Lipinski definition) is 1. The fraction of sp³-hybridized carbons (Fsp3) is 0.136. The predicted molar refractivity (Wildman–Crippen MR) is 103 cm³/mol. The summed E-state index contributed by atoms with van der Waals surface area (Å²) >= 11 is 0. The SMILES string of the molecule is CCc1c(C#N)cccc1C(=O)Nc1ccc2c(c1)C(c1ccoc1)=NC2. The molecule has 1 N–H and O–H groups in total. The zero-order chi connectivity index (χ0) is 18.8. The molecule has 2 heterocycles. The third-order valence-corrected chi connectivity index (χ3v) is 4.72. The molecule has 1 amide bonds. The van der Waals surface area contributed by atoms with E-state index >= 15 is 0 Å². The summed E-state index contributed by atoms with van der Waals surface area (Å²) in [6.45, 7) is 2.56. The minimum atomic E-state index is -0.219. The van der Waals surface area contributed by atoms with Gasteiger partial charge in [0.15, 0.2) is 0 Å². The number of furan rings is 1. The van der Waals surface area contributed by atoms with Gasteiger partial charge in [-0.3, -0.25) is 9.79 Å². The van der Waals surface area contributed by atoms with Crippen LogP contribution in [-0.4, -0.2) is 11.6 Å². The van der Waals surface area contributed by atoms with E-state index in [1.165, 1.54) is 0 Å². The van der Waals surface area contributed by atoms with Gasteiger partial charge in [0.2, 0.25) is 0 Å². The fourth-order valence-electron chi connectivity index (χ4n) is 3.39. The number of hydrogen-bond acceptors (Lipinski definition) is 4. The van der Waals surface area contributed by atoms with Crippen molar-refractivity contribution >= 4 is 17.3 Å². The number of carbonyl (C=O) groups excluding carboxylic acids is 1. The first-order valence-electron chi connectivity index (χ1n) is 8.75. The molecule has 2 aromatic carbocycles. The van der Waals surface area contributed by atoms with E-state index in [0.29, 0.717) is 29.8 Å². The maximum absolute atomic E-state index is 12.8. The van der Waals surface area contributed by atoms with E-state index in [9.17, 15) is 10.1 Å². The lowest BCUT2D eigenvalue weighted by Gasteiger charge is -2.11. The van der Waals surface area contributed by atoms with Crippen molar-refractivity contribution in [2.24, 2.45) is 4.99 Å². The predicted octanol–water partition coefficient (Wildman–Crippen LogP) is 4.32. The molecule has 1 aliphatic rings. The highest BCUT2D eigenvalue weighted by molar-refractivity contribution is 6.16. The molecule has 0 radical (unpaired) electrons. The van der Waals surface area contributed by atoms with Gasteiger partial charge in [0, 0.05) is 22.4 Å². The molecule has 0 spiro atoms. The zero-order valence-electron chi connectivity index (χ0n) is 14.8. The highest BCUT2D eigenvalue weighted by atomic mass is 16.3. The molecular formula is C22H17N3O2. The van der Waals surface area contributed by atoms with Crippen molar-refractivity contribution in [3.63, 3.8) is 0 Å². The Kier molecular flexibility index (Phi) is 4.31. The van der Waals surface area contributed by atoms with E-state index in [2.05, 4.69) is 16.4 Å². The minimum Gasteiger partial charge on any atom is -0.472 e. The summed E-state index contributed by atoms with van der Waals surface area (Å²) in [5.74, 6) is -0.219. The highest BCUT2D eigenvalue weighted by Gasteiger charge is 2.20. The summed E-state index contributed by atoms with van der Waals surface area (Å²) in [6, 6.07) is 15.0. The van der Waals surface area contributed by atoms with E-state index in [4.69, 9.17) is 4.42 Å². The van der Waals surface area contributed by atoms with Gasteiger partial charge in [-0.15, -0.1) is 0 Å². The molecule has 3 aromatic rings. The average molecular weight is 355 g/mol. The van der Waals surface area contributed by atoms with Crippen LogP contribution in [0.25, 0.3) is 0 Å². The maximum Gasteiger partial charge on any atom is 0.255 e. The average Bonchev–Trinajstić information content (AvgIpc) is 3.36. The number of nitriles is 1. The second-order valence-electron chi connectivity index (χ2n) is 6.30. The molecule has 27 heavy (non-hydrogen) atoms. The Morgan fingerprint density at radius 3 is 2.93 bits per heavy atom. The molecule has 0 aliphatic carbocycles. The number of rotatable bonds is 4. The molecule has 5 heteroatoms. The standard InChI is InChI=1S/C22H17N3O2/c1-2-18-14(11-23)4-3-5-19(18)22(26)25-17-7-6-15-12-24-21(20(15)10-17)16-8-9-27-13-16/h3-10,13H,2,12H2,1H3,(H,25,26). The number of benzene rings is 2. The number of anilines is 1. The normalized spacial score (nSPS) is 12.2. The van der Waals surface area contributed by atoms with Crippen molar-refractivity contribution in [1.82, 2.24) is 0 Å². The van der Waals surface area contributed by atoms with E-state index in [0.717, 1.165) is 28.0 Å². The number of nitrogens with zero attached hydrogens (tertiary/aromatic N) is 2. The number of carbonyl (C=O) groups is 1. The van der Waals surface area contributed by atoms with Gasteiger partial charge in [0.05, 0.1) is 36.4 Å². The van der Waals surface area contributed by atoms with Crippen LogP contribution in [0.2, 0.25) is 0 Å². The molecule has 0 unspecified atom stereocenters. The van der Waals surface area contributed by atoms with Crippen molar-refractivity contribution in [3.05, 3.63) is 88.4 Å². The summed E-state index contributed by atoms with van der Waals surface area (Å²) in [7, 11) is 0. The molecule has 1 aliphatic heterocycles. The summed E-state index contributed by atoms with van der Waals surface area (Å²) in [6.07, 6.45) is 3.91. The molecule has 0 bridgehead atoms. The lowest BCUT2D eigenvalue weighted by atomic mass is 9.98. The van der Waals surface area contributed by atoms with Crippen LogP contribution in [0.5, 0.6) is 0 Å². The second kappa shape index (κ2) is 6.93. The van der Waals surface area contributed by atoms with Gasteiger partial charge in [-0.2, -0.15) is 5.26 Å². The summed E-state index contributed by atoms with van der Waals surface area (Å²) in [5.41, 5.74) is 6.43. The molecule has 0 saturated carbocycles. The summed E-state index contributed by atoms with van der Waals surface area (Å²) < 4.78 is 5.16. The first-order valence-corrected chi connectivity index (χ1v) is 8.75. The van der Waals surface area contributed by atoms with Crippen LogP contribution >= 0.6 is 0 Å². The third-order valence-electron chi connectivity index (χ3n) is 4.72. The zero-order valence-corrected chi connectivity index (χ0v) is 14.8. The van der Waals surface area contributed by atoms with Crippen LogP contribution in [0.3, 0.4) is 0 Å². The first-order chi connectivity index (χ1) is 13.2. The minimum absolute atomic E-state index is 0.219. The maximum atomic E-state index is 12.8. The molecule has 0 fully saturated rings. The van der Waals surface area contributed by atoms with Crippen LogP contribution in [0, 0.1) is 11.3 Å². The van der Waals surface area contributed by atoms with Crippen molar-refractivity contribution in [2.45, 2.75) is 19.9 Å². The fourth-order valence-corrected chi connectivity index (χ4v) is 3.39. The lowest BCUT2D eigenvalue weighted by Crippen LogP contribution is -2.15. The van der Waals surface area contributed by atoms with Gasteiger partial charge in [-0.25, -0.2) is 0 Å². The van der Waals surface area contributed by atoms with Crippen LogP contribution < -0.4 is 5.32 Å². The van der Waals surface area contributed by atoms with E-state index in [-0.39, 0.29) is 5.91 Å². The molecule has 0 saturated heterocycles. The van der Waals surface area contributed by atoms with E-state index in [1.807, 2.05) is 31.2 Å². The lowest BCUT2D eigenvalue weighted by molar-refractivity contribution is 0.102. The molecule has 1 aromatic heterocycles. The van der Waals surface area contributed by atoms with Gasteiger partial charge in [0.1, 0.15) is 0 Å². The number of amides is 1.